The summed E-state index contributed by atoms with van der Waals surface area (Å²) in [7, 11) is -3.69. The van der Waals surface area contributed by atoms with Gasteiger partial charge in [-0.05, 0) is 55.0 Å². The molecule has 110 valence electrons. The molecule has 0 radical (unpaired) electrons. The largest absolute Gasteiger partial charge is 0.332 e. The van der Waals surface area contributed by atoms with Gasteiger partial charge in [0.1, 0.15) is 5.82 Å². The van der Waals surface area contributed by atoms with Crippen molar-refractivity contribution in [1.82, 2.24) is 4.98 Å². The SMILES string of the molecule is Cc1cccnc1NC(=S)Nc1ccc(S(N)(=O)=O)cc1. The topological polar surface area (TPSA) is 97.1 Å². The van der Waals surface area contributed by atoms with Crippen molar-refractivity contribution >= 4 is 38.9 Å². The number of aromatic nitrogens is 1. The summed E-state index contributed by atoms with van der Waals surface area (Å²) in [5.74, 6) is 0.663. The van der Waals surface area contributed by atoms with Crippen LogP contribution in [0.3, 0.4) is 0 Å². The van der Waals surface area contributed by atoms with E-state index in [1.54, 1.807) is 18.3 Å². The van der Waals surface area contributed by atoms with E-state index >= 15 is 0 Å². The van der Waals surface area contributed by atoms with Gasteiger partial charge in [-0.25, -0.2) is 18.5 Å². The van der Waals surface area contributed by atoms with E-state index in [1.807, 2.05) is 19.1 Å². The predicted molar refractivity (Wildman–Crippen MR) is 86.6 cm³/mol. The average molecular weight is 322 g/mol. The Morgan fingerprint density at radius 2 is 1.86 bits per heavy atom. The molecular formula is C13H14N4O2S2. The van der Waals surface area contributed by atoms with Crippen LogP contribution in [-0.4, -0.2) is 18.5 Å². The van der Waals surface area contributed by atoms with Crippen molar-refractivity contribution in [2.75, 3.05) is 10.6 Å². The molecule has 0 spiro atoms. The van der Waals surface area contributed by atoms with E-state index in [-0.39, 0.29) is 4.90 Å². The lowest BCUT2D eigenvalue weighted by atomic mass is 10.3. The second kappa shape index (κ2) is 6.17. The van der Waals surface area contributed by atoms with E-state index in [1.165, 1.54) is 12.1 Å². The number of rotatable bonds is 3. The number of nitrogens with two attached hydrogens (primary N) is 1. The number of nitrogens with zero attached hydrogens (tertiary/aromatic N) is 1. The molecule has 6 nitrogen and oxygen atoms in total. The third-order valence-electron chi connectivity index (χ3n) is 2.68. The third kappa shape index (κ3) is 4.22. The van der Waals surface area contributed by atoms with Crippen LogP contribution in [0.2, 0.25) is 0 Å². The molecule has 0 amide bonds. The Morgan fingerprint density at radius 1 is 1.19 bits per heavy atom. The molecular weight excluding hydrogens is 308 g/mol. The van der Waals surface area contributed by atoms with Gasteiger partial charge in [0.05, 0.1) is 4.90 Å². The van der Waals surface area contributed by atoms with E-state index in [9.17, 15) is 8.42 Å². The molecule has 21 heavy (non-hydrogen) atoms. The number of hydrogen-bond acceptors (Lipinski definition) is 4. The van der Waals surface area contributed by atoms with Crippen LogP contribution in [0.1, 0.15) is 5.56 Å². The molecule has 2 aromatic rings. The minimum Gasteiger partial charge on any atom is -0.332 e. The van der Waals surface area contributed by atoms with Gasteiger partial charge < -0.3 is 10.6 Å². The fourth-order valence-corrected chi connectivity index (χ4v) is 2.34. The summed E-state index contributed by atoms with van der Waals surface area (Å²) in [4.78, 5) is 4.22. The van der Waals surface area contributed by atoms with Crippen LogP contribution in [0.25, 0.3) is 0 Å². The molecule has 0 atom stereocenters. The molecule has 4 N–H and O–H groups in total. The first kappa shape index (κ1) is 15.4. The summed E-state index contributed by atoms with van der Waals surface area (Å²) in [6, 6.07) is 9.73. The summed E-state index contributed by atoms with van der Waals surface area (Å²) in [6.07, 6.45) is 1.67. The average Bonchev–Trinajstić information content (AvgIpc) is 2.41. The second-order valence-corrected chi connectivity index (χ2v) is 6.29. The number of thiocarbonyl (C=S) groups is 1. The van der Waals surface area contributed by atoms with Crippen LogP contribution >= 0.6 is 12.2 Å². The summed E-state index contributed by atoms with van der Waals surface area (Å²) < 4.78 is 22.3. The van der Waals surface area contributed by atoms with Gasteiger partial charge in [-0.3, -0.25) is 0 Å². The molecule has 8 heteroatoms. The number of pyridine rings is 1. The standard InChI is InChI=1S/C13H14N4O2S2/c1-9-3-2-8-15-12(9)17-13(20)16-10-4-6-11(7-5-10)21(14,18)19/h2-8H,1H3,(H2,14,18,19)(H2,15,16,17,20). The quantitative estimate of drug-likeness (QED) is 0.746. The molecule has 0 aliphatic rings. The summed E-state index contributed by atoms with van der Waals surface area (Å²) >= 11 is 5.18. The lowest BCUT2D eigenvalue weighted by molar-refractivity contribution is 0.598. The first-order valence-electron chi connectivity index (χ1n) is 5.99. The molecule has 0 aliphatic carbocycles. The molecule has 0 unspecified atom stereocenters. The van der Waals surface area contributed by atoms with Crippen molar-refractivity contribution in [2.24, 2.45) is 5.14 Å². The Kier molecular flexibility index (Phi) is 4.51. The molecule has 2 rings (SSSR count). The minimum absolute atomic E-state index is 0.0486. The van der Waals surface area contributed by atoms with Crippen molar-refractivity contribution in [2.45, 2.75) is 11.8 Å². The Morgan fingerprint density at radius 3 is 2.43 bits per heavy atom. The highest BCUT2D eigenvalue weighted by atomic mass is 32.2. The highest BCUT2D eigenvalue weighted by Crippen LogP contribution is 2.14. The van der Waals surface area contributed by atoms with E-state index in [4.69, 9.17) is 17.4 Å². The molecule has 0 saturated heterocycles. The number of nitrogens with one attached hydrogen (secondary N) is 2. The van der Waals surface area contributed by atoms with Gasteiger partial charge in [0.2, 0.25) is 10.0 Å². The minimum atomic E-state index is -3.69. The number of aryl methyl sites for hydroxylation is 1. The Hall–Kier alpha value is -2.03. The van der Waals surface area contributed by atoms with E-state index in [0.29, 0.717) is 16.6 Å². The van der Waals surface area contributed by atoms with Crippen LogP contribution in [0.15, 0.2) is 47.5 Å². The number of hydrogen-bond donors (Lipinski definition) is 3. The van der Waals surface area contributed by atoms with Crippen molar-refractivity contribution in [3.05, 3.63) is 48.2 Å². The van der Waals surface area contributed by atoms with E-state index < -0.39 is 10.0 Å². The van der Waals surface area contributed by atoms with Gasteiger partial charge in [-0.2, -0.15) is 0 Å². The van der Waals surface area contributed by atoms with Crippen molar-refractivity contribution in [1.29, 1.82) is 0 Å². The zero-order valence-electron chi connectivity index (χ0n) is 11.2. The lowest BCUT2D eigenvalue weighted by Gasteiger charge is -2.11. The maximum absolute atomic E-state index is 11.2. The predicted octanol–water partition coefficient (Wildman–Crippen LogP) is 1.85. The first-order chi connectivity index (χ1) is 9.86. The lowest BCUT2D eigenvalue weighted by Crippen LogP contribution is -2.20. The number of benzene rings is 1. The highest BCUT2D eigenvalue weighted by molar-refractivity contribution is 7.89. The maximum atomic E-state index is 11.2. The Bertz CT molecular complexity index is 758. The van der Waals surface area contributed by atoms with Gasteiger partial charge in [0.15, 0.2) is 5.11 Å². The number of anilines is 2. The molecule has 0 fully saturated rings. The van der Waals surface area contributed by atoms with Crippen LogP contribution in [-0.2, 0) is 10.0 Å². The fourth-order valence-electron chi connectivity index (χ4n) is 1.61. The zero-order valence-corrected chi connectivity index (χ0v) is 12.8. The smallest absolute Gasteiger partial charge is 0.238 e. The van der Waals surface area contributed by atoms with Gasteiger partial charge in [-0.1, -0.05) is 6.07 Å². The molecule has 0 saturated carbocycles. The van der Waals surface area contributed by atoms with Gasteiger partial charge >= 0.3 is 0 Å². The van der Waals surface area contributed by atoms with Crippen LogP contribution in [0, 0.1) is 6.92 Å². The van der Waals surface area contributed by atoms with Crippen molar-refractivity contribution in [3.8, 4) is 0 Å². The van der Waals surface area contributed by atoms with E-state index in [2.05, 4.69) is 15.6 Å². The van der Waals surface area contributed by atoms with E-state index in [0.717, 1.165) is 5.56 Å². The molecule has 0 bridgehead atoms. The highest BCUT2D eigenvalue weighted by Gasteiger charge is 2.07. The number of sulfonamides is 1. The molecule has 1 aromatic carbocycles. The van der Waals surface area contributed by atoms with Crippen molar-refractivity contribution < 1.29 is 8.42 Å². The van der Waals surface area contributed by atoms with Gasteiger partial charge in [-0.15, -0.1) is 0 Å². The second-order valence-electron chi connectivity index (χ2n) is 4.32. The summed E-state index contributed by atoms with van der Waals surface area (Å²) in [5, 5.41) is 11.3. The van der Waals surface area contributed by atoms with Crippen LogP contribution < -0.4 is 15.8 Å². The van der Waals surface area contributed by atoms with Gasteiger partial charge in [0, 0.05) is 11.9 Å². The van der Waals surface area contributed by atoms with Gasteiger partial charge in [0.25, 0.3) is 0 Å². The normalized spacial score (nSPS) is 11.0. The fraction of sp³-hybridized carbons (Fsp3) is 0.0769. The Labute approximate surface area is 128 Å². The zero-order chi connectivity index (χ0) is 15.5. The third-order valence-corrected chi connectivity index (χ3v) is 3.82. The monoisotopic (exact) mass is 322 g/mol. The van der Waals surface area contributed by atoms with Crippen LogP contribution in [0.5, 0.6) is 0 Å². The summed E-state index contributed by atoms with van der Waals surface area (Å²) in [6.45, 7) is 1.92. The maximum Gasteiger partial charge on any atom is 0.238 e. The summed E-state index contributed by atoms with van der Waals surface area (Å²) in [5.41, 5.74) is 1.61. The van der Waals surface area contributed by atoms with Crippen molar-refractivity contribution in [3.63, 3.8) is 0 Å². The van der Waals surface area contributed by atoms with Crippen LogP contribution in [0.4, 0.5) is 11.5 Å². The molecule has 0 aliphatic heterocycles. The molecule has 1 heterocycles. The number of primary sulfonamides is 1. The first-order valence-corrected chi connectivity index (χ1v) is 7.94. The Balaban J connectivity index is 2.05. The molecule has 1 aromatic heterocycles.